The predicted molar refractivity (Wildman–Crippen MR) is 97.6 cm³/mol. The maximum Gasteiger partial charge on any atom is 0.268 e. The van der Waals surface area contributed by atoms with Crippen LogP contribution in [0.5, 0.6) is 11.5 Å². The van der Waals surface area contributed by atoms with Crippen molar-refractivity contribution in [3.8, 4) is 11.5 Å². The van der Waals surface area contributed by atoms with Gasteiger partial charge in [-0.3, -0.25) is 13.5 Å². The van der Waals surface area contributed by atoms with E-state index in [1.807, 2.05) is 36.4 Å². The van der Waals surface area contributed by atoms with Gasteiger partial charge in [0.25, 0.3) is 5.56 Å². The number of hydrogen-bond acceptors (Lipinski definition) is 5. The molecule has 3 rings (SSSR count). The monoisotopic (exact) mass is 358 g/mol. The van der Waals surface area contributed by atoms with E-state index in [9.17, 15) is 9.59 Å². The van der Waals surface area contributed by atoms with Gasteiger partial charge < -0.3 is 14.8 Å². The van der Waals surface area contributed by atoms with E-state index >= 15 is 0 Å². The Morgan fingerprint density at radius 1 is 1.12 bits per heavy atom. The Bertz CT molecular complexity index is 932. The van der Waals surface area contributed by atoms with Crippen LogP contribution in [0, 0.1) is 0 Å². The molecule has 0 aliphatic carbocycles. The van der Waals surface area contributed by atoms with Gasteiger partial charge in [0.05, 0.1) is 23.7 Å². The fourth-order valence-corrected chi connectivity index (χ4v) is 3.39. The lowest BCUT2D eigenvalue weighted by Gasteiger charge is -2.10. The standard InChI is InChI=1S/C18H18N2O4S/c1-23-14-7-3-4-8-15(14)24-11-10-19-17(21)12-20-18(22)13-6-2-5-9-16(13)25-20/h2-9H,10-12H2,1H3,(H,19,21). The van der Waals surface area contributed by atoms with E-state index in [2.05, 4.69) is 5.32 Å². The zero-order chi connectivity index (χ0) is 17.6. The first-order valence-corrected chi connectivity index (χ1v) is 8.58. The third kappa shape index (κ3) is 4.00. The number of carbonyl (C=O) groups is 1. The zero-order valence-corrected chi connectivity index (χ0v) is 14.5. The first-order valence-electron chi connectivity index (χ1n) is 7.80. The summed E-state index contributed by atoms with van der Waals surface area (Å²) in [6, 6.07) is 14.6. The van der Waals surface area contributed by atoms with Crippen molar-refractivity contribution < 1.29 is 14.3 Å². The summed E-state index contributed by atoms with van der Waals surface area (Å²) in [5, 5.41) is 3.39. The molecule has 0 radical (unpaired) electrons. The highest BCUT2D eigenvalue weighted by molar-refractivity contribution is 7.13. The van der Waals surface area contributed by atoms with Crippen LogP contribution in [0.3, 0.4) is 0 Å². The van der Waals surface area contributed by atoms with Crippen LogP contribution in [0.1, 0.15) is 0 Å². The van der Waals surface area contributed by atoms with Gasteiger partial charge in [0.1, 0.15) is 13.2 Å². The quantitative estimate of drug-likeness (QED) is 0.658. The molecule has 0 saturated carbocycles. The molecule has 25 heavy (non-hydrogen) atoms. The molecule has 3 aromatic rings. The van der Waals surface area contributed by atoms with Crippen molar-refractivity contribution in [3.63, 3.8) is 0 Å². The van der Waals surface area contributed by atoms with E-state index in [0.717, 1.165) is 4.70 Å². The molecule has 0 atom stereocenters. The molecule has 7 heteroatoms. The molecule has 1 N–H and O–H groups in total. The van der Waals surface area contributed by atoms with Crippen molar-refractivity contribution in [3.05, 3.63) is 58.9 Å². The van der Waals surface area contributed by atoms with Gasteiger partial charge in [-0.05, 0) is 24.3 Å². The number of amides is 1. The van der Waals surface area contributed by atoms with E-state index < -0.39 is 0 Å². The molecular weight excluding hydrogens is 340 g/mol. The molecular formula is C18H18N2O4S. The Hall–Kier alpha value is -2.80. The number of nitrogens with one attached hydrogen (secondary N) is 1. The van der Waals surface area contributed by atoms with Crippen LogP contribution in [0.25, 0.3) is 10.1 Å². The summed E-state index contributed by atoms with van der Waals surface area (Å²) in [4.78, 5) is 24.2. The van der Waals surface area contributed by atoms with Crippen molar-refractivity contribution in [2.24, 2.45) is 0 Å². The van der Waals surface area contributed by atoms with Gasteiger partial charge in [-0.2, -0.15) is 0 Å². The Morgan fingerprint density at radius 2 is 1.84 bits per heavy atom. The molecule has 0 bridgehead atoms. The van der Waals surface area contributed by atoms with Gasteiger partial charge in [-0.15, -0.1) is 0 Å². The number of ether oxygens (including phenoxy) is 2. The van der Waals surface area contributed by atoms with Gasteiger partial charge in [0.2, 0.25) is 5.91 Å². The Labute approximate surface area is 148 Å². The Kier molecular flexibility index (Phi) is 5.35. The average Bonchev–Trinajstić information content (AvgIpc) is 2.95. The Morgan fingerprint density at radius 3 is 2.60 bits per heavy atom. The molecule has 1 heterocycles. The van der Waals surface area contributed by atoms with Crippen LogP contribution in [-0.4, -0.2) is 30.1 Å². The molecule has 2 aromatic carbocycles. The zero-order valence-electron chi connectivity index (χ0n) is 13.7. The maximum atomic E-state index is 12.2. The molecule has 0 saturated heterocycles. The predicted octanol–water partition coefficient (Wildman–Crippen LogP) is 2.27. The normalized spacial score (nSPS) is 10.6. The first kappa shape index (κ1) is 17.0. The SMILES string of the molecule is COc1ccccc1OCCNC(=O)Cn1sc2ccccc2c1=O. The number of methoxy groups -OCH3 is 1. The largest absolute Gasteiger partial charge is 0.493 e. The minimum atomic E-state index is -0.225. The van der Waals surface area contributed by atoms with Gasteiger partial charge in [0, 0.05) is 0 Å². The van der Waals surface area contributed by atoms with E-state index in [4.69, 9.17) is 9.47 Å². The highest BCUT2D eigenvalue weighted by Gasteiger charge is 2.10. The van der Waals surface area contributed by atoms with Crippen LogP contribution in [0.15, 0.2) is 53.3 Å². The lowest BCUT2D eigenvalue weighted by Crippen LogP contribution is -2.32. The molecule has 1 aromatic heterocycles. The summed E-state index contributed by atoms with van der Waals surface area (Å²) >= 11 is 1.29. The van der Waals surface area contributed by atoms with Crippen molar-refractivity contribution in [2.75, 3.05) is 20.3 Å². The van der Waals surface area contributed by atoms with Gasteiger partial charge in [-0.1, -0.05) is 35.8 Å². The maximum absolute atomic E-state index is 12.2. The summed E-state index contributed by atoms with van der Waals surface area (Å²) in [6.45, 7) is 0.663. The minimum Gasteiger partial charge on any atom is -0.493 e. The summed E-state index contributed by atoms with van der Waals surface area (Å²) in [7, 11) is 1.58. The third-order valence-corrected chi connectivity index (χ3v) is 4.66. The number of hydrogen-bond donors (Lipinski definition) is 1. The van der Waals surface area contributed by atoms with Crippen LogP contribution in [0.2, 0.25) is 0 Å². The summed E-state index contributed by atoms with van der Waals surface area (Å²) in [6.07, 6.45) is 0. The van der Waals surface area contributed by atoms with Crippen molar-refractivity contribution >= 4 is 27.5 Å². The second kappa shape index (κ2) is 7.85. The smallest absolute Gasteiger partial charge is 0.268 e. The summed E-state index contributed by atoms with van der Waals surface area (Å²) in [5.41, 5.74) is -0.138. The number of para-hydroxylation sites is 2. The topological polar surface area (TPSA) is 69.6 Å². The molecule has 0 spiro atoms. The van der Waals surface area contributed by atoms with Crippen LogP contribution < -0.4 is 20.3 Å². The highest BCUT2D eigenvalue weighted by atomic mass is 32.1. The van der Waals surface area contributed by atoms with Gasteiger partial charge in [0.15, 0.2) is 11.5 Å². The van der Waals surface area contributed by atoms with Crippen molar-refractivity contribution in [2.45, 2.75) is 6.54 Å². The Balaban J connectivity index is 1.51. The molecule has 0 unspecified atom stereocenters. The summed E-state index contributed by atoms with van der Waals surface area (Å²) in [5.74, 6) is 1.04. The number of nitrogens with zero attached hydrogens (tertiary/aromatic N) is 1. The number of aromatic nitrogens is 1. The number of carbonyl (C=O) groups excluding carboxylic acids is 1. The van der Waals surface area contributed by atoms with E-state index in [1.54, 1.807) is 19.2 Å². The fraction of sp³-hybridized carbons (Fsp3) is 0.222. The number of rotatable bonds is 7. The molecule has 130 valence electrons. The lowest BCUT2D eigenvalue weighted by molar-refractivity contribution is -0.121. The lowest BCUT2D eigenvalue weighted by atomic mass is 10.3. The van der Waals surface area contributed by atoms with Crippen LogP contribution in [-0.2, 0) is 11.3 Å². The molecule has 1 amide bonds. The molecule has 0 aliphatic heterocycles. The van der Waals surface area contributed by atoms with E-state index in [1.165, 1.54) is 15.5 Å². The molecule has 0 fully saturated rings. The van der Waals surface area contributed by atoms with E-state index in [-0.39, 0.29) is 18.0 Å². The first-order chi connectivity index (χ1) is 12.2. The molecule has 0 aliphatic rings. The fourth-order valence-electron chi connectivity index (χ4n) is 2.40. The van der Waals surface area contributed by atoms with Crippen LogP contribution in [0.4, 0.5) is 0 Å². The average molecular weight is 358 g/mol. The third-order valence-electron chi connectivity index (χ3n) is 3.59. The second-order valence-corrected chi connectivity index (χ2v) is 6.34. The number of benzene rings is 2. The number of fused-ring (bicyclic) bond motifs is 1. The van der Waals surface area contributed by atoms with Crippen molar-refractivity contribution in [1.29, 1.82) is 0 Å². The van der Waals surface area contributed by atoms with E-state index in [0.29, 0.717) is 30.0 Å². The van der Waals surface area contributed by atoms with Crippen molar-refractivity contribution in [1.82, 2.24) is 9.27 Å². The molecule has 6 nitrogen and oxygen atoms in total. The minimum absolute atomic E-state index is 0.00678. The van der Waals surface area contributed by atoms with Crippen LogP contribution >= 0.6 is 11.5 Å². The second-order valence-electron chi connectivity index (χ2n) is 5.28. The highest BCUT2D eigenvalue weighted by Crippen LogP contribution is 2.25. The van der Waals surface area contributed by atoms with Gasteiger partial charge >= 0.3 is 0 Å². The summed E-state index contributed by atoms with van der Waals surface area (Å²) < 4.78 is 13.1. The van der Waals surface area contributed by atoms with Gasteiger partial charge in [-0.25, -0.2) is 0 Å².